The molecule has 2 aromatic heterocycles. The predicted octanol–water partition coefficient (Wildman–Crippen LogP) is 3.32. The summed E-state index contributed by atoms with van der Waals surface area (Å²) in [6.45, 7) is 4.27. The topological polar surface area (TPSA) is 58.1 Å². The van der Waals surface area contributed by atoms with Gasteiger partial charge >= 0.3 is 0 Å². The number of carbonyl (C=O) groups excluding carboxylic acids is 1. The molecule has 3 aromatic rings. The van der Waals surface area contributed by atoms with E-state index in [1.165, 1.54) is 10.4 Å². The molecule has 1 aliphatic rings. The molecule has 0 bridgehead atoms. The summed E-state index contributed by atoms with van der Waals surface area (Å²) in [6, 6.07) is 9.48. The van der Waals surface area contributed by atoms with Gasteiger partial charge in [0.05, 0.1) is 11.9 Å². The standard InChI is InChI=1S/C18H18N4OS/c1-2-19-16-15-13-8-9-22(18(23)12-6-4-3-5-7-12)10-14(13)24-17(15)21-11-20-16/h3-7,11H,2,8-10H2,1H3,(H,19,20,21). The van der Waals surface area contributed by atoms with E-state index in [0.29, 0.717) is 6.54 Å². The van der Waals surface area contributed by atoms with Crippen LogP contribution >= 0.6 is 11.3 Å². The van der Waals surface area contributed by atoms with E-state index >= 15 is 0 Å². The number of amides is 1. The number of hydrogen-bond donors (Lipinski definition) is 1. The summed E-state index contributed by atoms with van der Waals surface area (Å²) in [6.07, 6.45) is 2.45. The highest BCUT2D eigenvalue weighted by Gasteiger charge is 2.26. The zero-order chi connectivity index (χ0) is 16.5. The number of nitrogens with one attached hydrogen (secondary N) is 1. The number of aromatic nitrogens is 2. The Morgan fingerprint density at radius 2 is 2.12 bits per heavy atom. The summed E-state index contributed by atoms with van der Waals surface area (Å²) in [5, 5.41) is 4.45. The van der Waals surface area contributed by atoms with Crippen molar-refractivity contribution >= 4 is 33.3 Å². The second-order valence-electron chi connectivity index (χ2n) is 5.78. The number of thiophene rings is 1. The third kappa shape index (κ3) is 2.53. The van der Waals surface area contributed by atoms with E-state index < -0.39 is 0 Å². The minimum Gasteiger partial charge on any atom is -0.370 e. The van der Waals surface area contributed by atoms with Crippen molar-refractivity contribution in [3.05, 3.63) is 52.7 Å². The van der Waals surface area contributed by atoms with Gasteiger partial charge < -0.3 is 10.2 Å². The van der Waals surface area contributed by atoms with E-state index in [0.717, 1.165) is 41.1 Å². The van der Waals surface area contributed by atoms with E-state index in [9.17, 15) is 4.79 Å². The quantitative estimate of drug-likeness (QED) is 0.796. The lowest BCUT2D eigenvalue weighted by molar-refractivity contribution is 0.0737. The maximum absolute atomic E-state index is 12.7. The monoisotopic (exact) mass is 338 g/mol. The summed E-state index contributed by atoms with van der Waals surface area (Å²) in [5.41, 5.74) is 2.04. The van der Waals surface area contributed by atoms with Crippen LogP contribution in [0.1, 0.15) is 27.7 Å². The first-order valence-corrected chi connectivity index (χ1v) is 8.93. The Kier molecular flexibility index (Phi) is 3.90. The highest BCUT2D eigenvalue weighted by atomic mass is 32.1. The fourth-order valence-corrected chi connectivity index (χ4v) is 4.37. The summed E-state index contributed by atoms with van der Waals surface area (Å²) in [7, 11) is 0. The number of benzene rings is 1. The molecule has 0 spiro atoms. The van der Waals surface area contributed by atoms with E-state index in [4.69, 9.17) is 0 Å². The summed E-state index contributed by atoms with van der Waals surface area (Å²) < 4.78 is 0. The Bertz CT molecular complexity index is 891. The van der Waals surface area contributed by atoms with E-state index in [1.807, 2.05) is 35.2 Å². The minimum atomic E-state index is 0.0942. The molecule has 0 unspecified atom stereocenters. The molecule has 1 N–H and O–H groups in total. The van der Waals surface area contributed by atoms with Gasteiger partial charge in [-0.3, -0.25) is 4.79 Å². The van der Waals surface area contributed by atoms with Gasteiger partial charge in [0, 0.05) is 23.5 Å². The third-order valence-electron chi connectivity index (χ3n) is 4.29. The first kappa shape index (κ1) is 15.1. The van der Waals surface area contributed by atoms with Crippen LogP contribution in [0.15, 0.2) is 36.7 Å². The highest BCUT2D eigenvalue weighted by molar-refractivity contribution is 7.19. The van der Waals surface area contributed by atoms with E-state index in [2.05, 4.69) is 22.2 Å². The second-order valence-corrected chi connectivity index (χ2v) is 6.86. The average molecular weight is 338 g/mol. The lowest BCUT2D eigenvalue weighted by Gasteiger charge is -2.27. The molecule has 122 valence electrons. The fraction of sp³-hybridized carbons (Fsp3) is 0.278. The Morgan fingerprint density at radius 1 is 1.29 bits per heavy atom. The SMILES string of the molecule is CCNc1ncnc2sc3c(c12)CCN(C(=O)c1ccccc1)C3. The zero-order valence-corrected chi connectivity index (χ0v) is 14.3. The van der Waals surface area contributed by atoms with Crippen LogP contribution in [0.2, 0.25) is 0 Å². The first-order chi connectivity index (χ1) is 11.8. The molecule has 0 aliphatic carbocycles. The Hall–Kier alpha value is -2.47. The number of hydrogen-bond acceptors (Lipinski definition) is 5. The van der Waals surface area contributed by atoms with Gasteiger partial charge in [-0.25, -0.2) is 9.97 Å². The number of carbonyl (C=O) groups is 1. The molecule has 3 heterocycles. The molecule has 1 aliphatic heterocycles. The van der Waals surface area contributed by atoms with Gasteiger partial charge in [0.25, 0.3) is 5.91 Å². The lowest BCUT2D eigenvalue weighted by Crippen LogP contribution is -2.35. The van der Waals surface area contributed by atoms with Gasteiger partial charge in [0.1, 0.15) is 17.0 Å². The van der Waals surface area contributed by atoms with Gasteiger partial charge in [-0.15, -0.1) is 11.3 Å². The van der Waals surface area contributed by atoms with Gasteiger partial charge in [-0.2, -0.15) is 0 Å². The number of nitrogens with zero attached hydrogens (tertiary/aromatic N) is 3. The molecule has 0 saturated heterocycles. The molecule has 5 nitrogen and oxygen atoms in total. The van der Waals surface area contributed by atoms with E-state index in [-0.39, 0.29) is 5.91 Å². The maximum atomic E-state index is 12.7. The van der Waals surface area contributed by atoms with Crippen molar-refractivity contribution in [2.24, 2.45) is 0 Å². The van der Waals surface area contributed by atoms with Crippen LogP contribution in [-0.4, -0.2) is 33.9 Å². The molecule has 0 saturated carbocycles. The van der Waals surface area contributed by atoms with Crippen LogP contribution in [0.25, 0.3) is 10.2 Å². The van der Waals surface area contributed by atoms with E-state index in [1.54, 1.807) is 17.7 Å². The Labute approximate surface area is 144 Å². The Morgan fingerprint density at radius 3 is 2.92 bits per heavy atom. The van der Waals surface area contributed by atoms with Crippen LogP contribution in [0.4, 0.5) is 5.82 Å². The van der Waals surface area contributed by atoms with Crippen molar-refractivity contribution in [1.82, 2.24) is 14.9 Å². The molecule has 1 aromatic carbocycles. The summed E-state index contributed by atoms with van der Waals surface area (Å²) in [4.78, 5) is 25.6. The normalized spacial score (nSPS) is 13.8. The molecule has 6 heteroatoms. The van der Waals surface area contributed by atoms with Crippen LogP contribution in [0.3, 0.4) is 0 Å². The summed E-state index contributed by atoms with van der Waals surface area (Å²) in [5.74, 6) is 1.000. The van der Waals surface area contributed by atoms with Crippen molar-refractivity contribution in [1.29, 1.82) is 0 Å². The van der Waals surface area contributed by atoms with Crippen molar-refractivity contribution in [2.75, 3.05) is 18.4 Å². The number of fused-ring (bicyclic) bond motifs is 3. The molecule has 1 amide bonds. The second kappa shape index (κ2) is 6.20. The fourth-order valence-electron chi connectivity index (χ4n) is 3.17. The van der Waals surface area contributed by atoms with Crippen molar-refractivity contribution in [3.8, 4) is 0 Å². The van der Waals surface area contributed by atoms with Gasteiger partial charge in [-0.1, -0.05) is 18.2 Å². The van der Waals surface area contributed by atoms with Gasteiger partial charge in [0.2, 0.25) is 0 Å². The third-order valence-corrected chi connectivity index (χ3v) is 5.41. The maximum Gasteiger partial charge on any atom is 0.254 e. The molecule has 0 fully saturated rings. The van der Waals surface area contributed by atoms with Gasteiger partial charge in [-0.05, 0) is 31.0 Å². The zero-order valence-electron chi connectivity index (χ0n) is 13.5. The lowest BCUT2D eigenvalue weighted by atomic mass is 10.0. The van der Waals surface area contributed by atoms with Gasteiger partial charge in [0.15, 0.2) is 0 Å². The predicted molar refractivity (Wildman–Crippen MR) is 96.5 cm³/mol. The van der Waals surface area contributed by atoms with Crippen molar-refractivity contribution in [3.63, 3.8) is 0 Å². The molecule has 0 radical (unpaired) electrons. The number of rotatable bonds is 3. The first-order valence-electron chi connectivity index (χ1n) is 8.11. The number of anilines is 1. The smallest absolute Gasteiger partial charge is 0.254 e. The van der Waals surface area contributed by atoms with Crippen LogP contribution in [0, 0.1) is 0 Å². The molecule has 0 atom stereocenters. The highest BCUT2D eigenvalue weighted by Crippen LogP contribution is 2.37. The summed E-state index contributed by atoms with van der Waals surface area (Å²) >= 11 is 1.67. The van der Waals surface area contributed by atoms with Crippen molar-refractivity contribution < 1.29 is 4.79 Å². The van der Waals surface area contributed by atoms with Crippen molar-refractivity contribution in [2.45, 2.75) is 19.9 Å². The Balaban J connectivity index is 1.68. The minimum absolute atomic E-state index is 0.0942. The largest absolute Gasteiger partial charge is 0.370 e. The van der Waals surface area contributed by atoms with Crippen LogP contribution < -0.4 is 5.32 Å². The molecular weight excluding hydrogens is 320 g/mol. The molecule has 24 heavy (non-hydrogen) atoms. The van der Waals surface area contributed by atoms with Crippen LogP contribution in [-0.2, 0) is 13.0 Å². The van der Waals surface area contributed by atoms with Crippen LogP contribution in [0.5, 0.6) is 0 Å². The average Bonchev–Trinajstić information content (AvgIpc) is 3.00. The molecule has 4 rings (SSSR count). The molecular formula is C18H18N4OS.